The van der Waals surface area contributed by atoms with Crippen molar-refractivity contribution in [2.24, 2.45) is 0 Å². The highest BCUT2D eigenvalue weighted by atomic mass is 33.1. The van der Waals surface area contributed by atoms with Gasteiger partial charge >= 0.3 is 5.97 Å². The summed E-state index contributed by atoms with van der Waals surface area (Å²) in [6, 6.07) is 7.10. The van der Waals surface area contributed by atoms with Crippen molar-refractivity contribution in [2.45, 2.75) is 50.4 Å². The summed E-state index contributed by atoms with van der Waals surface area (Å²) < 4.78 is 5.32. The molecule has 1 aromatic rings. The second kappa shape index (κ2) is 9.50. The van der Waals surface area contributed by atoms with Crippen LogP contribution in [0, 0.1) is 0 Å². The number of ether oxygens (including phenoxy) is 1. The third-order valence-corrected chi connectivity index (χ3v) is 7.58. The van der Waals surface area contributed by atoms with Crippen LogP contribution in [0.3, 0.4) is 0 Å². The molecule has 2 aliphatic rings. The first-order chi connectivity index (χ1) is 13.0. The van der Waals surface area contributed by atoms with Crippen LogP contribution in [-0.4, -0.2) is 41.4 Å². The number of carbonyl (C=O) groups is 3. The molecule has 2 heterocycles. The van der Waals surface area contributed by atoms with Crippen LogP contribution in [0.1, 0.15) is 39.0 Å². The average Bonchev–Trinajstić information content (AvgIpc) is 3.17. The van der Waals surface area contributed by atoms with E-state index >= 15 is 0 Å². The van der Waals surface area contributed by atoms with Crippen molar-refractivity contribution < 1.29 is 19.1 Å². The monoisotopic (exact) mass is 408 g/mol. The molecule has 0 aliphatic carbocycles. The lowest BCUT2D eigenvalue weighted by atomic mass is 10.1. The molecule has 2 aliphatic heterocycles. The topological polar surface area (TPSA) is 75.7 Å². The van der Waals surface area contributed by atoms with Crippen LogP contribution >= 0.6 is 21.6 Å². The van der Waals surface area contributed by atoms with E-state index < -0.39 is 6.10 Å². The maximum atomic E-state index is 12.7. The van der Waals surface area contributed by atoms with E-state index in [2.05, 4.69) is 5.32 Å². The van der Waals surface area contributed by atoms with E-state index in [1.54, 1.807) is 31.2 Å². The summed E-state index contributed by atoms with van der Waals surface area (Å²) >= 11 is 0. The third kappa shape index (κ3) is 5.42. The van der Waals surface area contributed by atoms with Crippen LogP contribution in [0.2, 0.25) is 0 Å². The number of carbonyl (C=O) groups excluding carboxylic acids is 3. The van der Waals surface area contributed by atoms with Gasteiger partial charge in [0.15, 0.2) is 6.10 Å². The van der Waals surface area contributed by atoms with E-state index in [4.69, 9.17) is 4.74 Å². The fraction of sp³-hybridized carbons (Fsp3) is 0.526. The van der Waals surface area contributed by atoms with Gasteiger partial charge < -0.3 is 10.1 Å². The van der Waals surface area contributed by atoms with Crippen LogP contribution in [0.4, 0.5) is 11.4 Å². The predicted octanol–water partition coefficient (Wildman–Crippen LogP) is 3.62. The van der Waals surface area contributed by atoms with Gasteiger partial charge in [-0.15, -0.1) is 0 Å². The van der Waals surface area contributed by atoms with E-state index in [-0.39, 0.29) is 24.3 Å². The number of anilines is 2. The summed E-state index contributed by atoms with van der Waals surface area (Å²) in [4.78, 5) is 38.0. The maximum absolute atomic E-state index is 12.7. The zero-order valence-corrected chi connectivity index (χ0v) is 16.9. The Labute approximate surface area is 167 Å². The number of amides is 2. The first kappa shape index (κ1) is 20.1. The van der Waals surface area contributed by atoms with Crippen molar-refractivity contribution in [3.05, 3.63) is 24.3 Å². The number of hydrogen-bond acceptors (Lipinski definition) is 6. The molecule has 1 fully saturated rings. The fourth-order valence-corrected chi connectivity index (χ4v) is 6.19. The second-order valence-corrected chi connectivity index (χ2v) is 9.48. The molecule has 0 spiro atoms. The largest absolute Gasteiger partial charge is 0.453 e. The van der Waals surface area contributed by atoms with Crippen LogP contribution in [0.5, 0.6) is 0 Å². The minimum absolute atomic E-state index is 0.0746. The minimum Gasteiger partial charge on any atom is -0.453 e. The molecule has 1 N–H and O–H groups in total. The molecule has 3 rings (SSSR count). The van der Waals surface area contributed by atoms with Gasteiger partial charge in [0, 0.05) is 17.4 Å². The molecular formula is C19H24N2O4S2. The van der Waals surface area contributed by atoms with E-state index in [0.29, 0.717) is 23.0 Å². The van der Waals surface area contributed by atoms with E-state index in [0.717, 1.165) is 19.3 Å². The Kier molecular flexibility index (Phi) is 7.07. The van der Waals surface area contributed by atoms with Crippen molar-refractivity contribution in [3.63, 3.8) is 0 Å². The number of benzene rings is 1. The standard InChI is InChI=1S/C19H24N2O4S2/c1-13(25-18(23)9-5-2-6-14-10-11-26-27-14)19(24)21-12-17(22)20-15-7-3-4-8-16(15)21/h3-4,7-8,13-14H,2,5-6,9-12H2,1H3,(H,20,22)/t13-,14+/m1/s1. The van der Waals surface area contributed by atoms with Gasteiger partial charge in [0.25, 0.3) is 5.91 Å². The lowest BCUT2D eigenvalue weighted by Gasteiger charge is -2.30. The zero-order valence-electron chi connectivity index (χ0n) is 15.3. The molecule has 2 amide bonds. The smallest absolute Gasteiger partial charge is 0.306 e. The summed E-state index contributed by atoms with van der Waals surface area (Å²) in [6.07, 6.45) is 3.54. The van der Waals surface area contributed by atoms with Gasteiger partial charge in [-0.25, -0.2) is 0 Å². The van der Waals surface area contributed by atoms with Gasteiger partial charge in [0.2, 0.25) is 5.91 Å². The number of nitrogens with one attached hydrogen (secondary N) is 1. The molecule has 0 bridgehead atoms. The van der Waals surface area contributed by atoms with Gasteiger partial charge in [-0.2, -0.15) is 0 Å². The lowest BCUT2D eigenvalue weighted by molar-refractivity contribution is -0.154. The molecule has 27 heavy (non-hydrogen) atoms. The van der Waals surface area contributed by atoms with Crippen molar-refractivity contribution in [1.82, 2.24) is 0 Å². The van der Waals surface area contributed by atoms with Crippen molar-refractivity contribution in [3.8, 4) is 0 Å². The van der Waals surface area contributed by atoms with Crippen LogP contribution in [-0.2, 0) is 19.1 Å². The van der Waals surface area contributed by atoms with Crippen molar-refractivity contribution in [2.75, 3.05) is 22.5 Å². The zero-order chi connectivity index (χ0) is 19.2. The molecule has 0 unspecified atom stereocenters. The highest BCUT2D eigenvalue weighted by Gasteiger charge is 2.31. The first-order valence-electron chi connectivity index (χ1n) is 9.22. The lowest BCUT2D eigenvalue weighted by Crippen LogP contribution is -2.47. The van der Waals surface area contributed by atoms with E-state index in [1.165, 1.54) is 17.1 Å². The maximum Gasteiger partial charge on any atom is 0.306 e. The number of nitrogens with zero attached hydrogens (tertiary/aromatic N) is 1. The van der Waals surface area contributed by atoms with Gasteiger partial charge in [-0.1, -0.05) is 40.1 Å². The Balaban J connectivity index is 1.47. The molecule has 6 nitrogen and oxygen atoms in total. The Morgan fingerprint density at radius 2 is 2.15 bits per heavy atom. The molecule has 0 saturated carbocycles. The van der Waals surface area contributed by atoms with Crippen LogP contribution < -0.4 is 10.2 Å². The van der Waals surface area contributed by atoms with Gasteiger partial charge in [0.05, 0.1) is 11.4 Å². The number of rotatable bonds is 7. The molecule has 0 radical (unpaired) electrons. The molecule has 0 aromatic heterocycles. The fourth-order valence-electron chi connectivity index (χ4n) is 3.16. The summed E-state index contributed by atoms with van der Waals surface area (Å²) in [5.74, 6) is 0.210. The molecule has 2 atom stereocenters. The summed E-state index contributed by atoms with van der Waals surface area (Å²) in [5.41, 5.74) is 1.21. The Morgan fingerprint density at radius 3 is 2.93 bits per heavy atom. The summed E-state index contributed by atoms with van der Waals surface area (Å²) in [7, 11) is 3.87. The molecule has 8 heteroatoms. The second-order valence-electron chi connectivity index (χ2n) is 6.70. The number of hydrogen-bond donors (Lipinski definition) is 1. The van der Waals surface area contributed by atoms with Crippen LogP contribution in [0.25, 0.3) is 0 Å². The normalized spacial score (nSPS) is 20.0. The number of unbranched alkanes of at least 4 members (excludes halogenated alkanes) is 1. The third-order valence-electron chi connectivity index (χ3n) is 4.58. The first-order valence-corrected chi connectivity index (χ1v) is 11.6. The van der Waals surface area contributed by atoms with Gasteiger partial charge in [-0.3, -0.25) is 19.3 Å². The van der Waals surface area contributed by atoms with E-state index in [1.807, 2.05) is 21.6 Å². The van der Waals surface area contributed by atoms with E-state index in [9.17, 15) is 14.4 Å². The molecule has 1 aromatic carbocycles. The highest BCUT2D eigenvalue weighted by Crippen LogP contribution is 2.39. The summed E-state index contributed by atoms with van der Waals surface area (Å²) in [5, 5.41) is 3.44. The quantitative estimate of drug-likeness (QED) is 0.422. The Bertz CT molecular complexity index is 707. The highest BCUT2D eigenvalue weighted by molar-refractivity contribution is 8.77. The number of para-hydroxylation sites is 2. The van der Waals surface area contributed by atoms with Crippen molar-refractivity contribution >= 4 is 50.7 Å². The van der Waals surface area contributed by atoms with Gasteiger partial charge in [0.1, 0.15) is 6.54 Å². The SMILES string of the molecule is C[C@@H](OC(=O)CCCC[C@H]1CCSS1)C(=O)N1CC(=O)Nc2ccccc21. The van der Waals surface area contributed by atoms with Gasteiger partial charge in [-0.05, 0) is 38.3 Å². The predicted molar refractivity (Wildman–Crippen MR) is 110 cm³/mol. The average molecular weight is 409 g/mol. The Hall–Kier alpha value is -1.67. The molecule has 146 valence electrons. The Morgan fingerprint density at radius 1 is 1.33 bits per heavy atom. The van der Waals surface area contributed by atoms with Crippen LogP contribution in [0.15, 0.2) is 24.3 Å². The molecular weight excluding hydrogens is 384 g/mol. The summed E-state index contributed by atoms with van der Waals surface area (Å²) in [6.45, 7) is 1.48. The number of fused-ring (bicyclic) bond motifs is 1. The van der Waals surface area contributed by atoms with Crippen molar-refractivity contribution in [1.29, 1.82) is 0 Å². The number of esters is 1. The molecule has 1 saturated heterocycles. The minimum atomic E-state index is -0.918.